The number of aromatic nitrogens is 2. The molecule has 1 amide bonds. The molecule has 1 aromatic carbocycles. The third-order valence-electron chi connectivity index (χ3n) is 7.12. The maximum Gasteiger partial charge on any atom is 0.245 e. The second-order valence-electron chi connectivity index (χ2n) is 8.86. The largest absolute Gasteiger partial charge is 0.356 e. The average Bonchev–Trinajstić information content (AvgIpc) is 3.45. The molecule has 5 heterocycles. The summed E-state index contributed by atoms with van der Waals surface area (Å²) in [5.74, 6) is -0.0693. The Balaban J connectivity index is 1.24. The highest BCUT2D eigenvalue weighted by molar-refractivity contribution is 5.85. The zero-order valence-electron chi connectivity index (χ0n) is 17.0. The lowest BCUT2D eigenvalue weighted by Crippen LogP contribution is -2.46. The number of carbonyl (C=O) groups is 1. The van der Waals surface area contributed by atoms with Gasteiger partial charge in [0, 0.05) is 32.2 Å². The van der Waals surface area contributed by atoms with E-state index in [9.17, 15) is 13.6 Å². The highest BCUT2D eigenvalue weighted by atomic mass is 19.1. The minimum Gasteiger partial charge on any atom is -0.356 e. The zero-order chi connectivity index (χ0) is 21.2. The van der Waals surface area contributed by atoms with Gasteiger partial charge in [-0.1, -0.05) is 6.07 Å². The van der Waals surface area contributed by atoms with Gasteiger partial charge in [0.2, 0.25) is 5.91 Å². The lowest BCUT2D eigenvalue weighted by molar-refractivity contribution is -0.143. The van der Waals surface area contributed by atoms with Crippen molar-refractivity contribution in [1.82, 2.24) is 19.6 Å². The normalized spacial score (nSPS) is 23.3. The summed E-state index contributed by atoms with van der Waals surface area (Å²) in [4.78, 5) is 15.9. The maximum atomic E-state index is 13.8. The van der Waals surface area contributed by atoms with Crippen LogP contribution in [0.15, 0.2) is 48.7 Å². The number of nitrogens with zero attached hydrogens (tertiary/aromatic N) is 5. The van der Waals surface area contributed by atoms with Crippen molar-refractivity contribution in [1.29, 1.82) is 0 Å². The SMILES string of the molecule is O=C1N2[C@H](c3cc(F)cc(F)c3)CCN2CC12CCN(c1cccc3ccnn13)CC2. The fraction of sp³-hybridized carbons (Fsp3) is 0.391. The van der Waals surface area contributed by atoms with Crippen molar-refractivity contribution < 1.29 is 13.6 Å². The Bertz CT molecular complexity index is 1150. The molecule has 6 rings (SSSR count). The third kappa shape index (κ3) is 2.85. The van der Waals surface area contributed by atoms with E-state index >= 15 is 0 Å². The molecule has 2 aromatic heterocycles. The summed E-state index contributed by atoms with van der Waals surface area (Å²) in [6, 6.07) is 11.4. The molecule has 3 aromatic rings. The van der Waals surface area contributed by atoms with Crippen LogP contribution in [0, 0.1) is 17.0 Å². The number of halogens is 2. The molecule has 1 atom stereocenters. The van der Waals surface area contributed by atoms with Gasteiger partial charge in [0.15, 0.2) is 0 Å². The van der Waals surface area contributed by atoms with Crippen molar-refractivity contribution in [3.63, 3.8) is 0 Å². The van der Waals surface area contributed by atoms with Gasteiger partial charge >= 0.3 is 0 Å². The van der Waals surface area contributed by atoms with Gasteiger partial charge in [-0.3, -0.25) is 9.80 Å². The Hall–Kier alpha value is -3.00. The highest BCUT2D eigenvalue weighted by Crippen LogP contribution is 2.47. The first-order valence-corrected chi connectivity index (χ1v) is 10.8. The first kappa shape index (κ1) is 18.7. The van der Waals surface area contributed by atoms with Crippen molar-refractivity contribution in [3.05, 3.63) is 65.9 Å². The molecule has 31 heavy (non-hydrogen) atoms. The summed E-state index contributed by atoms with van der Waals surface area (Å²) in [5, 5.41) is 8.29. The number of hydrazine groups is 1. The number of benzene rings is 1. The van der Waals surface area contributed by atoms with E-state index in [-0.39, 0.29) is 11.9 Å². The van der Waals surface area contributed by atoms with Gasteiger partial charge in [0.25, 0.3) is 0 Å². The number of amides is 1. The number of piperidine rings is 1. The van der Waals surface area contributed by atoms with E-state index in [0.717, 1.165) is 49.9 Å². The van der Waals surface area contributed by atoms with Crippen LogP contribution in [0.2, 0.25) is 0 Å². The molecule has 0 saturated carbocycles. The minimum absolute atomic E-state index is 0.0941. The second kappa shape index (κ2) is 6.75. The summed E-state index contributed by atoms with van der Waals surface area (Å²) in [5.41, 5.74) is 1.15. The summed E-state index contributed by atoms with van der Waals surface area (Å²) < 4.78 is 29.5. The van der Waals surface area contributed by atoms with Crippen LogP contribution in [0.4, 0.5) is 14.6 Å². The lowest BCUT2D eigenvalue weighted by Gasteiger charge is -2.38. The number of carbonyl (C=O) groups excluding carboxylic acids is 1. The van der Waals surface area contributed by atoms with Crippen LogP contribution in [0.25, 0.3) is 5.52 Å². The lowest BCUT2D eigenvalue weighted by atomic mass is 9.77. The Morgan fingerprint density at radius 3 is 2.55 bits per heavy atom. The Kier molecular flexibility index (Phi) is 4.08. The number of hydrogen-bond acceptors (Lipinski definition) is 4. The van der Waals surface area contributed by atoms with E-state index in [0.29, 0.717) is 18.5 Å². The van der Waals surface area contributed by atoms with Crippen LogP contribution in [-0.4, -0.2) is 51.7 Å². The van der Waals surface area contributed by atoms with E-state index in [1.807, 2.05) is 22.7 Å². The van der Waals surface area contributed by atoms with Gasteiger partial charge in [-0.25, -0.2) is 18.3 Å². The number of anilines is 1. The molecule has 3 fully saturated rings. The Morgan fingerprint density at radius 2 is 1.77 bits per heavy atom. The van der Waals surface area contributed by atoms with Crippen molar-refractivity contribution in [3.8, 4) is 0 Å². The average molecular weight is 423 g/mol. The molecule has 0 unspecified atom stereocenters. The molecule has 160 valence electrons. The number of fused-ring (bicyclic) bond motifs is 2. The van der Waals surface area contributed by atoms with Crippen LogP contribution in [0.5, 0.6) is 0 Å². The number of rotatable bonds is 2. The van der Waals surface area contributed by atoms with E-state index in [4.69, 9.17) is 0 Å². The smallest absolute Gasteiger partial charge is 0.245 e. The number of hydrogen-bond donors (Lipinski definition) is 0. The second-order valence-corrected chi connectivity index (χ2v) is 8.86. The monoisotopic (exact) mass is 423 g/mol. The van der Waals surface area contributed by atoms with Gasteiger partial charge in [0.1, 0.15) is 17.5 Å². The molecule has 1 spiro atoms. The van der Waals surface area contributed by atoms with Crippen LogP contribution in [0.3, 0.4) is 0 Å². The predicted octanol–water partition coefficient (Wildman–Crippen LogP) is 3.40. The van der Waals surface area contributed by atoms with Gasteiger partial charge in [-0.05, 0) is 55.2 Å². The van der Waals surface area contributed by atoms with Gasteiger partial charge < -0.3 is 4.90 Å². The van der Waals surface area contributed by atoms with Crippen molar-refractivity contribution in [2.75, 3.05) is 31.1 Å². The summed E-state index contributed by atoms with van der Waals surface area (Å²) in [6.45, 7) is 2.95. The molecule has 8 heteroatoms. The fourth-order valence-electron chi connectivity index (χ4n) is 5.57. The van der Waals surface area contributed by atoms with Gasteiger partial charge in [0.05, 0.1) is 23.2 Å². The topological polar surface area (TPSA) is 44.1 Å². The van der Waals surface area contributed by atoms with Crippen LogP contribution in [0.1, 0.15) is 30.9 Å². The zero-order valence-corrected chi connectivity index (χ0v) is 17.0. The third-order valence-corrected chi connectivity index (χ3v) is 7.12. The molecule has 0 bridgehead atoms. The standard InChI is InChI=1S/C23H23F2N5O/c24-17-12-16(13-18(25)14-17)20-5-9-28-15-23(22(31)30(20)28)6-10-27(11-7-23)21-3-1-2-19-4-8-26-29(19)21/h1-4,8,12-14,20H,5-7,9-11,15H2/t20-/m0/s1. The quantitative estimate of drug-likeness (QED) is 0.634. The van der Waals surface area contributed by atoms with Crippen molar-refractivity contribution in [2.24, 2.45) is 5.41 Å². The fourth-order valence-corrected chi connectivity index (χ4v) is 5.57. The first-order valence-electron chi connectivity index (χ1n) is 10.8. The maximum absolute atomic E-state index is 13.8. The van der Waals surface area contributed by atoms with Crippen LogP contribution in [-0.2, 0) is 4.79 Å². The van der Waals surface area contributed by atoms with Crippen molar-refractivity contribution >= 4 is 17.2 Å². The molecule has 0 radical (unpaired) electrons. The minimum atomic E-state index is -0.601. The summed E-state index contributed by atoms with van der Waals surface area (Å²) in [6.07, 6.45) is 3.99. The van der Waals surface area contributed by atoms with E-state index in [1.54, 1.807) is 11.2 Å². The Morgan fingerprint density at radius 1 is 1.00 bits per heavy atom. The van der Waals surface area contributed by atoms with Gasteiger partial charge in [-0.15, -0.1) is 0 Å². The molecular formula is C23H23F2N5O. The molecule has 3 saturated heterocycles. The van der Waals surface area contributed by atoms with Crippen molar-refractivity contribution in [2.45, 2.75) is 25.3 Å². The number of pyridine rings is 1. The molecule has 0 aliphatic carbocycles. The first-order chi connectivity index (χ1) is 15.0. The Labute approximate surface area is 178 Å². The molecule has 3 aliphatic rings. The molecule has 6 nitrogen and oxygen atoms in total. The van der Waals surface area contributed by atoms with Crippen LogP contribution >= 0.6 is 0 Å². The molecular weight excluding hydrogens is 400 g/mol. The van der Waals surface area contributed by atoms with E-state index in [2.05, 4.69) is 21.1 Å². The summed E-state index contributed by atoms with van der Waals surface area (Å²) >= 11 is 0. The van der Waals surface area contributed by atoms with Gasteiger partial charge in [-0.2, -0.15) is 5.10 Å². The van der Waals surface area contributed by atoms with E-state index < -0.39 is 17.0 Å². The summed E-state index contributed by atoms with van der Waals surface area (Å²) in [7, 11) is 0. The molecule has 0 N–H and O–H groups in total. The predicted molar refractivity (Wildman–Crippen MR) is 111 cm³/mol. The highest BCUT2D eigenvalue weighted by Gasteiger charge is 2.56. The van der Waals surface area contributed by atoms with Crippen LogP contribution < -0.4 is 4.90 Å². The van der Waals surface area contributed by atoms with E-state index in [1.165, 1.54) is 12.1 Å². The molecule has 3 aliphatic heterocycles.